The molecule has 0 atom stereocenters. The average molecular weight is 473 g/mol. The third-order valence-corrected chi connectivity index (χ3v) is 8.93. The maximum Gasteiger partial charge on any atom is 0.243 e. The molecule has 0 spiro atoms. The smallest absolute Gasteiger partial charge is 0.207 e. The first-order valence-electron chi connectivity index (χ1n) is 10.1. The van der Waals surface area contributed by atoms with Crippen LogP contribution in [-0.4, -0.2) is 39.5 Å². The summed E-state index contributed by atoms with van der Waals surface area (Å²) in [6.45, 7) is 4.25. The Morgan fingerprint density at radius 2 is 0.812 bits per heavy atom. The van der Waals surface area contributed by atoms with E-state index >= 15 is 0 Å². The van der Waals surface area contributed by atoms with Crippen molar-refractivity contribution in [2.45, 2.75) is 36.7 Å². The summed E-state index contributed by atoms with van der Waals surface area (Å²) in [5.41, 5.74) is 3.63. The minimum atomic E-state index is -3.59. The van der Waals surface area contributed by atoms with Crippen molar-refractivity contribution in [1.82, 2.24) is 8.61 Å². The van der Waals surface area contributed by atoms with E-state index in [9.17, 15) is 16.8 Å². The highest BCUT2D eigenvalue weighted by molar-refractivity contribution is 7.89. The Morgan fingerprint density at radius 1 is 0.531 bits per heavy atom. The highest BCUT2D eigenvalue weighted by Crippen LogP contribution is 2.20. The zero-order valence-corrected chi connectivity index (χ0v) is 20.3. The van der Waals surface area contributed by atoms with Gasteiger partial charge in [0.05, 0.1) is 9.79 Å². The van der Waals surface area contributed by atoms with Crippen molar-refractivity contribution < 1.29 is 16.8 Å². The van der Waals surface area contributed by atoms with E-state index in [1.54, 1.807) is 62.6 Å². The summed E-state index contributed by atoms with van der Waals surface area (Å²) in [4.78, 5) is 0.510. The molecule has 6 nitrogen and oxygen atoms in total. The normalized spacial score (nSPS) is 12.4. The first-order chi connectivity index (χ1) is 15.0. The molecule has 3 rings (SSSR count). The van der Waals surface area contributed by atoms with Crippen molar-refractivity contribution in [2.75, 3.05) is 14.1 Å². The highest BCUT2D eigenvalue weighted by Gasteiger charge is 2.22. The van der Waals surface area contributed by atoms with Gasteiger partial charge in [0.2, 0.25) is 20.0 Å². The molecule has 0 aliphatic rings. The van der Waals surface area contributed by atoms with E-state index in [2.05, 4.69) is 0 Å². The molecule has 170 valence electrons. The molecule has 0 amide bonds. The van der Waals surface area contributed by atoms with Gasteiger partial charge in [-0.3, -0.25) is 0 Å². The maximum atomic E-state index is 12.8. The summed E-state index contributed by atoms with van der Waals surface area (Å²) in [5, 5.41) is 0. The summed E-state index contributed by atoms with van der Waals surface area (Å²) >= 11 is 0. The minimum absolute atomic E-state index is 0.216. The Bertz CT molecular complexity index is 1160. The predicted molar refractivity (Wildman–Crippen MR) is 126 cm³/mol. The van der Waals surface area contributed by atoms with Crippen LogP contribution in [0.5, 0.6) is 0 Å². The number of rotatable bonds is 8. The van der Waals surface area contributed by atoms with Gasteiger partial charge in [0.15, 0.2) is 0 Å². The molecule has 0 aliphatic carbocycles. The first kappa shape index (κ1) is 24.1. The van der Waals surface area contributed by atoms with Crippen molar-refractivity contribution >= 4 is 20.0 Å². The summed E-state index contributed by atoms with van der Waals surface area (Å²) in [7, 11) is -4.09. The Kier molecular flexibility index (Phi) is 7.19. The first-order valence-corrected chi connectivity index (χ1v) is 13.0. The SMILES string of the molecule is Cc1ccc(S(=O)(=O)N(C)Cc2ccc(CN(C)S(=O)(=O)c3ccc(C)cc3)cc2)cc1. The van der Waals surface area contributed by atoms with Gasteiger partial charge in [0.25, 0.3) is 0 Å². The number of sulfonamides is 2. The summed E-state index contributed by atoms with van der Waals surface area (Å²) in [6, 6.07) is 20.8. The van der Waals surface area contributed by atoms with Crippen LogP contribution >= 0.6 is 0 Å². The van der Waals surface area contributed by atoms with Crippen LogP contribution in [0.3, 0.4) is 0 Å². The van der Waals surface area contributed by atoms with Gasteiger partial charge in [-0.25, -0.2) is 16.8 Å². The predicted octanol–water partition coefficient (Wildman–Crippen LogP) is 3.94. The molecule has 0 unspecified atom stereocenters. The van der Waals surface area contributed by atoms with Crippen molar-refractivity contribution in [3.63, 3.8) is 0 Å². The van der Waals surface area contributed by atoms with Crippen LogP contribution in [0.25, 0.3) is 0 Å². The molecule has 3 aromatic rings. The molecular weight excluding hydrogens is 444 g/mol. The van der Waals surface area contributed by atoms with Gasteiger partial charge in [-0.1, -0.05) is 59.7 Å². The van der Waals surface area contributed by atoms with Gasteiger partial charge in [-0.2, -0.15) is 8.61 Å². The molecule has 32 heavy (non-hydrogen) atoms. The van der Waals surface area contributed by atoms with Gasteiger partial charge in [-0.15, -0.1) is 0 Å². The zero-order chi connectivity index (χ0) is 23.5. The second kappa shape index (κ2) is 9.54. The summed E-state index contributed by atoms with van der Waals surface area (Å²) < 4.78 is 53.7. The molecule has 3 aromatic carbocycles. The van der Waals surface area contributed by atoms with Crippen LogP contribution in [0.2, 0.25) is 0 Å². The highest BCUT2D eigenvalue weighted by atomic mass is 32.2. The molecule has 0 N–H and O–H groups in total. The number of hydrogen-bond acceptors (Lipinski definition) is 4. The lowest BCUT2D eigenvalue weighted by molar-refractivity contribution is 0.463. The van der Waals surface area contributed by atoms with Crippen LogP contribution in [0.15, 0.2) is 82.6 Å². The largest absolute Gasteiger partial charge is 0.243 e. The third kappa shape index (κ3) is 5.45. The lowest BCUT2D eigenvalue weighted by Gasteiger charge is -2.19. The van der Waals surface area contributed by atoms with E-state index < -0.39 is 20.0 Å². The number of benzene rings is 3. The molecule has 0 saturated heterocycles. The molecule has 0 aromatic heterocycles. The summed E-state index contributed by atoms with van der Waals surface area (Å²) in [6.07, 6.45) is 0. The second-order valence-corrected chi connectivity index (χ2v) is 12.1. The lowest BCUT2D eigenvalue weighted by Crippen LogP contribution is -2.27. The number of aryl methyl sites for hydroxylation is 2. The topological polar surface area (TPSA) is 74.8 Å². The van der Waals surface area contributed by atoms with Crippen molar-refractivity contribution in [2.24, 2.45) is 0 Å². The number of nitrogens with zero attached hydrogens (tertiary/aromatic N) is 2. The van der Waals surface area contributed by atoms with Gasteiger partial charge in [0.1, 0.15) is 0 Å². The van der Waals surface area contributed by atoms with Gasteiger partial charge in [-0.05, 0) is 49.2 Å². The fourth-order valence-corrected chi connectivity index (χ4v) is 5.53. The Morgan fingerprint density at radius 3 is 1.09 bits per heavy atom. The molecule has 0 fully saturated rings. The fourth-order valence-electron chi connectivity index (χ4n) is 3.21. The summed E-state index contributed by atoms with van der Waals surface area (Å²) in [5.74, 6) is 0. The van der Waals surface area contributed by atoms with Crippen molar-refractivity contribution in [3.05, 3.63) is 95.1 Å². The standard InChI is InChI=1S/C24H28N2O4S2/c1-19-5-13-23(14-6-19)31(27,28)25(3)17-21-9-11-22(12-10-21)18-26(4)32(29,30)24-15-7-20(2)8-16-24/h5-16H,17-18H2,1-4H3. The van der Waals surface area contributed by atoms with Crippen molar-refractivity contribution in [1.29, 1.82) is 0 Å². The number of hydrogen-bond donors (Lipinski definition) is 0. The van der Waals surface area contributed by atoms with E-state index in [1.807, 2.05) is 38.1 Å². The van der Waals surface area contributed by atoms with E-state index in [-0.39, 0.29) is 22.9 Å². The van der Waals surface area contributed by atoms with E-state index in [0.717, 1.165) is 22.3 Å². The Hall–Kier alpha value is -2.52. The van der Waals surface area contributed by atoms with Crippen LogP contribution < -0.4 is 0 Å². The van der Waals surface area contributed by atoms with E-state index in [0.29, 0.717) is 0 Å². The molecule has 0 heterocycles. The Labute approximate surface area is 191 Å². The second-order valence-electron chi connectivity index (χ2n) is 7.96. The fraction of sp³-hybridized carbons (Fsp3) is 0.250. The minimum Gasteiger partial charge on any atom is -0.207 e. The van der Waals surface area contributed by atoms with Crippen LogP contribution in [-0.2, 0) is 33.1 Å². The monoisotopic (exact) mass is 472 g/mol. The Balaban J connectivity index is 1.68. The molecule has 8 heteroatoms. The lowest BCUT2D eigenvalue weighted by atomic mass is 10.1. The van der Waals surface area contributed by atoms with Gasteiger partial charge in [0, 0.05) is 27.2 Å². The van der Waals surface area contributed by atoms with Crippen LogP contribution in [0.4, 0.5) is 0 Å². The average Bonchev–Trinajstić information content (AvgIpc) is 2.75. The van der Waals surface area contributed by atoms with Gasteiger partial charge >= 0.3 is 0 Å². The molecule has 0 saturated carbocycles. The molecule has 0 radical (unpaired) electrons. The molecule has 0 aliphatic heterocycles. The van der Waals surface area contributed by atoms with Crippen LogP contribution in [0.1, 0.15) is 22.3 Å². The third-order valence-electron chi connectivity index (χ3n) is 5.29. The zero-order valence-electron chi connectivity index (χ0n) is 18.7. The van der Waals surface area contributed by atoms with Gasteiger partial charge < -0.3 is 0 Å². The maximum absolute atomic E-state index is 12.8. The quantitative estimate of drug-likeness (QED) is 0.498. The van der Waals surface area contributed by atoms with Crippen LogP contribution in [0, 0.1) is 13.8 Å². The molecule has 0 bridgehead atoms. The van der Waals surface area contributed by atoms with Crippen molar-refractivity contribution in [3.8, 4) is 0 Å². The molecular formula is C24H28N2O4S2. The van der Waals surface area contributed by atoms with E-state index in [4.69, 9.17) is 0 Å². The van der Waals surface area contributed by atoms with E-state index in [1.165, 1.54) is 8.61 Å².